The zero-order chi connectivity index (χ0) is 9.59. The van der Waals surface area contributed by atoms with E-state index in [1.54, 1.807) is 0 Å². The van der Waals surface area contributed by atoms with E-state index in [0.717, 1.165) is 24.9 Å². The van der Waals surface area contributed by atoms with Crippen LogP contribution in [0.3, 0.4) is 0 Å². The minimum atomic E-state index is -0.895. The molecule has 1 heterocycles. The first-order valence-electron chi connectivity index (χ1n) is 4.82. The third kappa shape index (κ3) is 1.56. The standard InChI is InChI=1S/C9H16N2O2/c1-5(8(10)9(12)13)11-3-6-2-7(6)4-11/h5-8H,2-4,10H2,1H3,(H,12,13). The van der Waals surface area contributed by atoms with Crippen molar-refractivity contribution in [1.29, 1.82) is 0 Å². The topological polar surface area (TPSA) is 66.6 Å². The first-order chi connectivity index (χ1) is 6.09. The van der Waals surface area contributed by atoms with E-state index < -0.39 is 12.0 Å². The molecule has 0 aromatic carbocycles. The summed E-state index contributed by atoms with van der Waals surface area (Å²) in [6.07, 6.45) is 1.34. The molecule has 4 heteroatoms. The van der Waals surface area contributed by atoms with Gasteiger partial charge in [-0.2, -0.15) is 0 Å². The van der Waals surface area contributed by atoms with E-state index >= 15 is 0 Å². The molecular formula is C9H16N2O2. The Balaban J connectivity index is 1.89. The Morgan fingerprint density at radius 2 is 2.08 bits per heavy atom. The number of hydrogen-bond acceptors (Lipinski definition) is 3. The molecule has 2 aliphatic rings. The van der Waals surface area contributed by atoms with Gasteiger partial charge in [-0.1, -0.05) is 0 Å². The zero-order valence-electron chi connectivity index (χ0n) is 7.81. The van der Waals surface area contributed by atoms with E-state index in [-0.39, 0.29) is 6.04 Å². The van der Waals surface area contributed by atoms with Crippen LogP contribution in [0.4, 0.5) is 0 Å². The largest absolute Gasteiger partial charge is 0.480 e. The van der Waals surface area contributed by atoms with E-state index in [4.69, 9.17) is 10.8 Å². The Labute approximate surface area is 77.7 Å². The maximum absolute atomic E-state index is 10.6. The number of carbonyl (C=O) groups is 1. The predicted octanol–water partition coefficient (Wildman–Crippen LogP) is -0.261. The van der Waals surface area contributed by atoms with Gasteiger partial charge in [0.15, 0.2) is 0 Å². The quantitative estimate of drug-likeness (QED) is 0.634. The molecule has 1 saturated heterocycles. The molecule has 4 nitrogen and oxygen atoms in total. The lowest BCUT2D eigenvalue weighted by Gasteiger charge is -2.28. The van der Waals surface area contributed by atoms with E-state index in [1.807, 2.05) is 6.92 Å². The van der Waals surface area contributed by atoms with Gasteiger partial charge in [0.05, 0.1) is 0 Å². The molecule has 4 unspecified atom stereocenters. The fourth-order valence-corrected chi connectivity index (χ4v) is 2.20. The van der Waals surface area contributed by atoms with Gasteiger partial charge >= 0.3 is 5.97 Å². The van der Waals surface area contributed by atoms with Gasteiger partial charge in [0, 0.05) is 19.1 Å². The van der Waals surface area contributed by atoms with Gasteiger partial charge in [-0.05, 0) is 25.2 Å². The highest BCUT2D eigenvalue weighted by Gasteiger charge is 2.47. The molecule has 1 aliphatic carbocycles. The van der Waals surface area contributed by atoms with Crippen LogP contribution >= 0.6 is 0 Å². The molecular weight excluding hydrogens is 168 g/mol. The van der Waals surface area contributed by atoms with Crippen molar-refractivity contribution in [1.82, 2.24) is 4.90 Å². The lowest BCUT2D eigenvalue weighted by atomic mass is 10.1. The average Bonchev–Trinajstić information content (AvgIpc) is 2.71. The molecule has 13 heavy (non-hydrogen) atoms. The van der Waals surface area contributed by atoms with Crippen LogP contribution in [-0.4, -0.2) is 41.1 Å². The number of fused-ring (bicyclic) bond motifs is 1. The van der Waals surface area contributed by atoms with Crippen LogP contribution in [0, 0.1) is 11.8 Å². The Bertz CT molecular complexity index is 222. The number of aliphatic carboxylic acids is 1. The van der Waals surface area contributed by atoms with Gasteiger partial charge in [0.2, 0.25) is 0 Å². The van der Waals surface area contributed by atoms with Gasteiger partial charge in [0.25, 0.3) is 0 Å². The Kier molecular flexibility index (Phi) is 2.04. The fourth-order valence-electron chi connectivity index (χ4n) is 2.20. The lowest BCUT2D eigenvalue weighted by molar-refractivity contribution is -0.140. The van der Waals surface area contributed by atoms with E-state index in [2.05, 4.69) is 4.90 Å². The summed E-state index contributed by atoms with van der Waals surface area (Å²) in [6, 6.07) is -0.761. The Morgan fingerprint density at radius 3 is 2.54 bits per heavy atom. The normalized spacial score (nSPS) is 36.8. The highest BCUT2D eigenvalue weighted by Crippen LogP contribution is 2.45. The smallest absolute Gasteiger partial charge is 0.322 e. The van der Waals surface area contributed by atoms with Crippen molar-refractivity contribution in [3.63, 3.8) is 0 Å². The molecule has 0 aromatic rings. The monoisotopic (exact) mass is 184 g/mol. The molecule has 74 valence electrons. The van der Waals surface area contributed by atoms with Gasteiger partial charge in [0.1, 0.15) is 6.04 Å². The first-order valence-corrected chi connectivity index (χ1v) is 4.82. The third-order valence-electron chi connectivity index (χ3n) is 3.39. The number of carboxylic acid groups (broad SMARTS) is 1. The van der Waals surface area contributed by atoms with E-state index in [1.165, 1.54) is 6.42 Å². The summed E-state index contributed by atoms with van der Waals surface area (Å²) >= 11 is 0. The second-order valence-corrected chi connectivity index (χ2v) is 4.31. The highest BCUT2D eigenvalue weighted by atomic mass is 16.4. The molecule has 0 bridgehead atoms. The number of piperidine rings is 1. The minimum Gasteiger partial charge on any atom is -0.480 e. The van der Waals surface area contributed by atoms with E-state index in [0.29, 0.717) is 0 Å². The second kappa shape index (κ2) is 2.96. The molecule has 2 fully saturated rings. The van der Waals surface area contributed by atoms with Crippen LogP contribution < -0.4 is 5.73 Å². The first kappa shape index (κ1) is 8.97. The molecule has 0 spiro atoms. The van der Waals surface area contributed by atoms with Gasteiger partial charge in [-0.25, -0.2) is 0 Å². The van der Waals surface area contributed by atoms with Crippen LogP contribution in [-0.2, 0) is 4.79 Å². The van der Waals surface area contributed by atoms with Gasteiger partial charge < -0.3 is 10.8 Å². The Morgan fingerprint density at radius 1 is 1.54 bits per heavy atom. The summed E-state index contributed by atoms with van der Waals surface area (Å²) in [5.74, 6) is 0.778. The number of carboxylic acids is 1. The predicted molar refractivity (Wildman–Crippen MR) is 48.2 cm³/mol. The van der Waals surface area contributed by atoms with Gasteiger partial charge in [-0.3, -0.25) is 9.69 Å². The maximum Gasteiger partial charge on any atom is 0.322 e. The maximum atomic E-state index is 10.6. The molecule has 3 N–H and O–H groups in total. The number of nitrogens with zero attached hydrogens (tertiary/aromatic N) is 1. The lowest BCUT2D eigenvalue weighted by Crippen LogP contribution is -2.49. The average molecular weight is 184 g/mol. The fraction of sp³-hybridized carbons (Fsp3) is 0.889. The molecule has 1 aliphatic heterocycles. The van der Waals surface area contributed by atoms with Crippen LogP contribution in [0.2, 0.25) is 0 Å². The van der Waals surface area contributed by atoms with Crippen LogP contribution in [0.1, 0.15) is 13.3 Å². The molecule has 1 saturated carbocycles. The van der Waals surface area contributed by atoms with Crippen LogP contribution in [0.5, 0.6) is 0 Å². The molecule has 0 amide bonds. The van der Waals surface area contributed by atoms with Crippen molar-refractivity contribution in [3.05, 3.63) is 0 Å². The number of hydrogen-bond donors (Lipinski definition) is 2. The van der Waals surface area contributed by atoms with Crippen molar-refractivity contribution >= 4 is 5.97 Å². The van der Waals surface area contributed by atoms with Crippen molar-refractivity contribution in [3.8, 4) is 0 Å². The number of rotatable bonds is 3. The van der Waals surface area contributed by atoms with E-state index in [9.17, 15) is 4.79 Å². The summed E-state index contributed by atoms with van der Waals surface area (Å²) in [7, 11) is 0. The zero-order valence-corrected chi connectivity index (χ0v) is 7.81. The molecule has 4 atom stereocenters. The Hall–Kier alpha value is -0.610. The summed E-state index contributed by atoms with van der Waals surface area (Å²) in [6.45, 7) is 4.00. The SMILES string of the molecule is CC(C(N)C(=O)O)N1CC2CC2C1. The van der Waals surface area contributed by atoms with Gasteiger partial charge in [-0.15, -0.1) is 0 Å². The number of likely N-dealkylation sites (tertiary alicyclic amines) is 1. The van der Waals surface area contributed by atoms with Crippen molar-refractivity contribution in [2.45, 2.75) is 25.4 Å². The minimum absolute atomic E-state index is 0.0229. The second-order valence-electron chi connectivity index (χ2n) is 4.31. The summed E-state index contributed by atoms with van der Waals surface area (Å²) in [4.78, 5) is 12.8. The van der Waals surface area contributed by atoms with Crippen LogP contribution in [0.25, 0.3) is 0 Å². The highest BCUT2D eigenvalue weighted by molar-refractivity contribution is 5.74. The number of nitrogens with two attached hydrogens (primary N) is 1. The molecule has 0 radical (unpaired) electrons. The van der Waals surface area contributed by atoms with Crippen molar-refractivity contribution in [2.24, 2.45) is 17.6 Å². The molecule has 2 rings (SSSR count). The molecule has 0 aromatic heterocycles. The summed E-state index contributed by atoms with van der Waals surface area (Å²) in [5, 5.41) is 8.74. The van der Waals surface area contributed by atoms with Crippen molar-refractivity contribution < 1.29 is 9.90 Å². The summed E-state index contributed by atoms with van der Waals surface area (Å²) < 4.78 is 0. The van der Waals surface area contributed by atoms with Crippen molar-refractivity contribution in [2.75, 3.05) is 13.1 Å². The third-order valence-corrected chi connectivity index (χ3v) is 3.39. The van der Waals surface area contributed by atoms with Crippen LogP contribution in [0.15, 0.2) is 0 Å². The summed E-state index contributed by atoms with van der Waals surface area (Å²) in [5.41, 5.74) is 5.56.